The van der Waals surface area contributed by atoms with E-state index in [1.165, 1.54) is 0 Å². The number of nitrogens with one attached hydrogen (secondary N) is 2. The van der Waals surface area contributed by atoms with Crippen LogP contribution < -0.4 is 10.6 Å². The number of hydrogen-bond donors (Lipinski definition) is 2. The normalized spacial score (nSPS) is 13.7. The number of nitrogens with zero attached hydrogens (tertiary/aromatic N) is 4. The summed E-state index contributed by atoms with van der Waals surface area (Å²) in [6.07, 6.45) is -4.62. The molecule has 0 heterocycles. The average molecular weight is 556 g/mol. The summed E-state index contributed by atoms with van der Waals surface area (Å²) >= 11 is 9.24. The minimum absolute atomic E-state index is 0. The fraction of sp³-hybridized carbons (Fsp3) is 0.333. The van der Waals surface area contributed by atoms with E-state index in [9.17, 15) is 35.1 Å². The predicted octanol–water partition coefficient (Wildman–Crippen LogP) is 3.03. The smallest absolute Gasteiger partial charge is 0.741 e. The van der Waals surface area contributed by atoms with Crippen LogP contribution in [0, 0.1) is 29.1 Å². The minimum atomic E-state index is -4.62. The number of amidine groups is 2. The van der Waals surface area contributed by atoms with Crippen molar-refractivity contribution in [3.63, 3.8) is 0 Å². The predicted molar refractivity (Wildman–Crippen MR) is 103 cm³/mol. The molecule has 1 radical (unpaired) electrons. The van der Waals surface area contributed by atoms with Crippen molar-refractivity contribution < 1.29 is 52.2 Å². The van der Waals surface area contributed by atoms with Gasteiger partial charge in [-0.3, -0.25) is 0 Å². The number of benzene rings is 1. The third-order valence-electron chi connectivity index (χ3n) is 3.09. The summed E-state index contributed by atoms with van der Waals surface area (Å²) in [6, 6.07) is 0. The van der Waals surface area contributed by atoms with Crippen LogP contribution in [0.1, 0.15) is 19.4 Å². The molecule has 0 saturated heterocycles. The zero-order valence-corrected chi connectivity index (χ0v) is 18.4. The van der Waals surface area contributed by atoms with E-state index < -0.39 is 64.0 Å². The number of rotatable bonds is 6. The van der Waals surface area contributed by atoms with E-state index in [0.717, 1.165) is 6.92 Å². The van der Waals surface area contributed by atoms with Crippen LogP contribution >= 0.6 is 0 Å². The van der Waals surface area contributed by atoms with Gasteiger partial charge in [0, 0.05) is 6.54 Å². The maximum Gasteiger partial charge on any atom is 2.00 e. The van der Waals surface area contributed by atoms with Crippen molar-refractivity contribution in [1.82, 2.24) is 10.6 Å². The Morgan fingerprint density at radius 1 is 0.781 bits per heavy atom. The standard InChI is InChI=1S/C15H14F8N6S2.Cu/c1-3-24-13(30)29-27-12(5(2)26-28-14(31)25-4-15(21,22)23)6-7(16)9(18)11(20)10(19)8(6)17;/h3-4H2,1-2H3,(H2,24,29,30)(H2,25,28,31);/q;+2/p-2. The van der Waals surface area contributed by atoms with Crippen LogP contribution in [-0.4, -0.2) is 41.0 Å². The van der Waals surface area contributed by atoms with Gasteiger partial charge in [-0.15, -0.1) is 5.10 Å². The molecule has 0 amide bonds. The zero-order valence-electron chi connectivity index (χ0n) is 15.8. The molecule has 181 valence electrons. The Bertz CT molecular complexity index is 920. The molecule has 1 aromatic rings. The van der Waals surface area contributed by atoms with Crippen LogP contribution in [0.15, 0.2) is 20.4 Å². The monoisotopic (exact) mass is 555 g/mol. The van der Waals surface area contributed by atoms with Gasteiger partial charge in [0.1, 0.15) is 12.3 Å². The summed E-state index contributed by atoms with van der Waals surface area (Å²) in [5.74, 6) is -11.4. The van der Waals surface area contributed by atoms with E-state index in [1.54, 1.807) is 12.2 Å². The first-order chi connectivity index (χ1) is 14.3. The van der Waals surface area contributed by atoms with Gasteiger partial charge in [0.2, 0.25) is 5.82 Å². The van der Waals surface area contributed by atoms with E-state index in [0.29, 0.717) is 0 Å². The molecule has 0 aliphatic rings. The number of hydrogen-bond acceptors (Lipinski definition) is 6. The largest absolute Gasteiger partial charge is 2.00 e. The van der Waals surface area contributed by atoms with Crippen molar-refractivity contribution in [3.8, 4) is 0 Å². The van der Waals surface area contributed by atoms with Crippen molar-refractivity contribution in [3.05, 3.63) is 34.6 Å². The first-order valence-corrected chi connectivity index (χ1v) is 8.80. The summed E-state index contributed by atoms with van der Waals surface area (Å²) in [5, 5.41) is 16.4. The van der Waals surface area contributed by atoms with Crippen molar-refractivity contribution in [1.29, 1.82) is 0 Å². The van der Waals surface area contributed by atoms with Gasteiger partial charge >= 0.3 is 23.2 Å². The average Bonchev–Trinajstić information content (AvgIpc) is 2.69. The molecule has 0 aliphatic carbocycles. The quantitative estimate of drug-likeness (QED) is 0.0827. The molecule has 0 atom stereocenters. The molecule has 1 rings (SSSR count). The van der Waals surface area contributed by atoms with Gasteiger partial charge in [0.05, 0.1) is 11.3 Å². The fourth-order valence-corrected chi connectivity index (χ4v) is 2.08. The van der Waals surface area contributed by atoms with Gasteiger partial charge in [-0.25, -0.2) is 22.0 Å². The molecule has 0 fully saturated rings. The van der Waals surface area contributed by atoms with Gasteiger partial charge in [-0.2, -0.15) is 28.5 Å². The fourth-order valence-electron chi connectivity index (χ4n) is 1.78. The first kappa shape index (κ1) is 29.9. The Balaban J connectivity index is 0.00000961. The Labute approximate surface area is 198 Å². The van der Waals surface area contributed by atoms with Crippen LogP contribution in [0.5, 0.6) is 0 Å². The van der Waals surface area contributed by atoms with E-state index >= 15 is 0 Å². The summed E-state index contributed by atoms with van der Waals surface area (Å²) in [4.78, 5) is 0. The molecule has 1 aromatic carbocycles. The molecular weight excluding hydrogens is 544 g/mol. The minimum Gasteiger partial charge on any atom is -0.741 e. The molecule has 0 aromatic heterocycles. The number of alkyl halides is 3. The molecule has 32 heavy (non-hydrogen) atoms. The Morgan fingerprint density at radius 3 is 1.69 bits per heavy atom. The van der Waals surface area contributed by atoms with E-state index in [1.807, 2.05) is 0 Å². The Hall–Kier alpha value is -2.10. The van der Waals surface area contributed by atoms with E-state index in [2.05, 4.69) is 38.4 Å². The topological polar surface area (TPSA) is 73.5 Å². The van der Waals surface area contributed by atoms with Crippen molar-refractivity contribution >= 4 is 47.0 Å². The molecule has 0 saturated carbocycles. The van der Waals surface area contributed by atoms with Gasteiger partial charge in [-0.1, -0.05) is 0 Å². The maximum absolute atomic E-state index is 14.2. The Morgan fingerprint density at radius 2 is 1.22 bits per heavy atom. The van der Waals surface area contributed by atoms with Crippen LogP contribution in [-0.2, 0) is 42.3 Å². The second-order valence-corrected chi connectivity index (χ2v) is 6.16. The molecule has 17 heteroatoms. The third kappa shape index (κ3) is 8.44. The zero-order chi connectivity index (χ0) is 23.9. The molecule has 2 N–H and O–H groups in total. The van der Waals surface area contributed by atoms with Crippen LogP contribution in [0.25, 0.3) is 0 Å². The number of halogens is 8. The maximum atomic E-state index is 14.2. The molecule has 6 nitrogen and oxygen atoms in total. The molecule has 0 aliphatic heterocycles. The van der Waals surface area contributed by atoms with Crippen molar-refractivity contribution in [2.75, 3.05) is 13.1 Å². The van der Waals surface area contributed by atoms with Crippen LogP contribution in [0.2, 0.25) is 0 Å². The van der Waals surface area contributed by atoms with Gasteiger partial charge in [0.25, 0.3) is 0 Å². The van der Waals surface area contributed by atoms with Gasteiger partial charge in [-0.05, 0) is 24.2 Å². The molecular formula is C15H12CuF8N6S2. The van der Waals surface area contributed by atoms with E-state index in [-0.39, 0.29) is 28.8 Å². The second-order valence-electron chi connectivity index (χ2n) is 5.39. The summed E-state index contributed by atoms with van der Waals surface area (Å²) < 4.78 is 105. The van der Waals surface area contributed by atoms with Gasteiger partial charge in [0.15, 0.2) is 23.3 Å². The van der Waals surface area contributed by atoms with E-state index in [4.69, 9.17) is 12.6 Å². The van der Waals surface area contributed by atoms with Crippen molar-refractivity contribution in [2.45, 2.75) is 20.0 Å². The Kier molecular flexibility index (Phi) is 12.0. The SMILES string of the molecule is CCNC([S-])=NN=C(C(C)=NN=C([S-])NCC(F)(F)F)c1c(F)c(F)c(F)c(F)c1F.[Cu+2]. The second kappa shape index (κ2) is 12.8. The third-order valence-corrected chi connectivity index (χ3v) is 3.54. The first-order valence-electron chi connectivity index (χ1n) is 7.98. The molecule has 0 spiro atoms. The van der Waals surface area contributed by atoms with Crippen LogP contribution in [0.3, 0.4) is 0 Å². The summed E-state index contributed by atoms with van der Waals surface area (Å²) in [5.41, 5.74) is -3.07. The summed E-state index contributed by atoms with van der Waals surface area (Å²) in [7, 11) is 0. The van der Waals surface area contributed by atoms with Crippen molar-refractivity contribution in [2.24, 2.45) is 20.4 Å². The molecule has 0 bridgehead atoms. The molecule has 0 unspecified atom stereocenters. The van der Waals surface area contributed by atoms with Crippen LogP contribution in [0.4, 0.5) is 35.1 Å². The van der Waals surface area contributed by atoms with Gasteiger partial charge < -0.3 is 35.9 Å². The summed E-state index contributed by atoms with van der Waals surface area (Å²) in [6.45, 7) is 1.32.